The van der Waals surface area contributed by atoms with Crippen molar-refractivity contribution < 1.29 is 8.78 Å². The summed E-state index contributed by atoms with van der Waals surface area (Å²) in [5.41, 5.74) is 4.25. The van der Waals surface area contributed by atoms with E-state index >= 15 is 0 Å². The summed E-state index contributed by atoms with van der Waals surface area (Å²) < 4.78 is 26.9. The molecule has 0 bridgehead atoms. The zero-order chi connectivity index (χ0) is 16.7. The fourth-order valence-electron chi connectivity index (χ4n) is 4.42. The minimum atomic E-state index is -0.522. The van der Waals surface area contributed by atoms with E-state index in [4.69, 9.17) is 0 Å². The molecule has 2 unspecified atom stereocenters. The van der Waals surface area contributed by atoms with Crippen LogP contribution in [0.25, 0.3) is 11.1 Å². The molecule has 3 heteroatoms. The summed E-state index contributed by atoms with van der Waals surface area (Å²) >= 11 is 0. The monoisotopic (exact) mass is 327 g/mol. The van der Waals surface area contributed by atoms with Crippen LogP contribution in [0.2, 0.25) is 0 Å². The molecule has 2 aromatic rings. The van der Waals surface area contributed by atoms with Gasteiger partial charge in [0.25, 0.3) is 0 Å². The lowest BCUT2D eigenvalue weighted by Crippen LogP contribution is -2.41. The van der Waals surface area contributed by atoms with Gasteiger partial charge in [-0.05, 0) is 80.0 Å². The van der Waals surface area contributed by atoms with Gasteiger partial charge in [-0.1, -0.05) is 18.2 Å². The lowest BCUT2D eigenvalue weighted by molar-refractivity contribution is 0.174. The number of fused-ring (bicyclic) bond motifs is 1. The molecule has 2 aromatic carbocycles. The Kier molecular flexibility index (Phi) is 4.13. The molecule has 1 aliphatic heterocycles. The predicted molar refractivity (Wildman–Crippen MR) is 93.0 cm³/mol. The Hall–Kier alpha value is -1.74. The molecule has 1 saturated heterocycles. The largest absolute Gasteiger partial charge is 0.297 e. The first-order chi connectivity index (χ1) is 11.6. The molecule has 24 heavy (non-hydrogen) atoms. The first-order valence-corrected chi connectivity index (χ1v) is 8.94. The highest BCUT2D eigenvalue weighted by Gasteiger charge is 2.30. The Morgan fingerprint density at radius 3 is 2.42 bits per heavy atom. The van der Waals surface area contributed by atoms with E-state index in [1.54, 1.807) is 0 Å². The maximum atomic E-state index is 13.5. The zero-order valence-corrected chi connectivity index (χ0v) is 14.1. The third-order valence-electron chi connectivity index (χ3n) is 5.68. The minimum absolute atomic E-state index is 0.522. The highest BCUT2D eigenvalue weighted by atomic mass is 19.1. The molecule has 0 radical (unpaired) electrons. The Labute approximate surface area is 142 Å². The minimum Gasteiger partial charge on any atom is -0.297 e. The Morgan fingerprint density at radius 1 is 0.917 bits per heavy atom. The molecule has 0 N–H and O–H groups in total. The third kappa shape index (κ3) is 2.98. The maximum Gasteiger partial charge on any atom is 0.126 e. The topological polar surface area (TPSA) is 3.24 Å². The van der Waals surface area contributed by atoms with Gasteiger partial charge >= 0.3 is 0 Å². The Balaban J connectivity index is 1.59. The lowest BCUT2D eigenvalue weighted by Gasteiger charge is -2.35. The highest BCUT2D eigenvalue weighted by molar-refractivity contribution is 5.65. The van der Waals surface area contributed by atoms with E-state index in [0.29, 0.717) is 17.6 Å². The van der Waals surface area contributed by atoms with E-state index < -0.39 is 11.6 Å². The molecule has 1 fully saturated rings. The second-order valence-electron chi connectivity index (χ2n) is 7.27. The van der Waals surface area contributed by atoms with E-state index in [1.165, 1.54) is 49.1 Å². The quantitative estimate of drug-likeness (QED) is 0.752. The molecular weight excluding hydrogens is 304 g/mol. The molecule has 0 aromatic heterocycles. The van der Waals surface area contributed by atoms with Crippen LogP contribution in [0.3, 0.4) is 0 Å². The van der Waals surface area contributed by atoms with Gasteiger partial charge in [-0.15, -0.1) is 0 Å². The van der Waals surface area contributed by atoms with Crippen LogP contribution < -0.4 is 0 Å². The highest BCUT2D eigenvalue weighted by Crippen LogP contribution is 2.32. The molecule has 1 heterocycles. The van der Waals surface area contributed by atoms with Crippen LogP contribution >= 0.6 is 0 Å². The van der Waals surface area contributed by atoms with Gasteiger partial charge in [0.05, 0.1) is 0 Å². The van der Waals surface area contributed by atoms with E-state index in [1.807, 2.05) is 6.07 Å². The van der Waals surface area contributed by atoms with E-state index in [2.05, 4.69) is 24.0 Å². The van der Waals surface area contributed by atoms with Gasteiger partial charge in [-0.2, -0.15) is 0 Å². The molecule has 0 saturated carbocycles. The zero-order valence-electron chi connectivity index (χ0n) is 14.1. The smallest absolute Gasteiger partial charge is 0.126 e. The summed E-state index contributed by atoms with van der Waals surface area (Å²) in [5.74, 6) is -1.04. The molecule has 2 atom stereocenters. The summed E-state index contributed by atoms with van der Waals surface area (Å²) in [7, 11) is 0. The fourth-order valence-corrected chi connectivity index (χ4v) is 4.42. The number of hydrogen-bond acceptors (Lipinski definition) is 1. The molecule has 1 aliphatic carbocycles. The number of halogens is 2. The molecule has 4 rings (SSSR count). The first-order valence-electron chi connectivity index (χ1n) is 8.94. The molecule has 1 nitrogen and oxygen atoms in total. The van der Waals surface area contributed by atoms with Crippen LogP contribution in [0.15, 0.2) is 36.4 Å². The van der Waals surface area contributed by atoms with Crippen molar-refractivity contribution >= 4 is 0 Å². The number of hydrogen-bond donors (Lipinski definition) is 0. The van der Waals surface area contributed by atoms with Crippen LogP contribution in [-0.2, 0) is 12.8 Å². The Morgan fingerprint density at radius 2 is 1.71 bits per heavy atom. The van der Waals surface area contributed by atoms with E-state index in [-0.39, 0.29) is 0 Å². The van der Waals surface area contributed by atoms with Crippen molar-refractivity contribution in [2.75, 3.05) is 6.54 Å². The van der Waals surface area contributed by atoms with Crippen molar-refractivity contribution in [2.24, 2.45) is 0 Å². The Bertz CT molecular complexity index is 735. The van der Waals surface area contributed by atoms with Crippen LogP contribution in [0, 0.1) is 11.6 Å². The average Bonchev–Trinajstić information content (AvgIpc) is 2.99. The third-order valence-corrected chi connectivity index (χ3v) is 5.68. The van der Waals surface area contributed by atoms with Gasteiger partial charge < -0.3 is 0 Å². The van der Waals surface area contributed by atoms with Crippen molar-refractivity contribution in [1.29, 1.82) is 0 Å². The van der Waals surface area contributed by atoms with Crippen molar-refractivity contribution in [2.45, 2.75) is 51.1 Å². The van der Waals surface area contributed by atoms with Crippen molar-refractivity contribution in [3.8, 4) is 11.1 Å². The summed E-state index contributed by atoms with van der Waals surface area (Å²) in [5, 5.41) is 0. The van der Waals surface area contributed by atoms with E-state index in [9.17, 15) is 8.78 Å². The predicted octanol–water partition coefficient (Wildman–Crippen LogP) is 4.97. The van der Waals surface area contributed by atoms with Gasteiger partial charge in [0.1, 0.15) is 11.6 Å². The van der Waals surface area contributed by atoms with Crippen molar-refractivity contribution in [1.82, 2.24) is 4.90 Å². The van der Waals surface area contributed by atoms with Gasteiger partial charge in [0, 0.05) is 18.2 Å². The van der Waals surface area contributed by atoms with E-state index in [0.717, 1.165) is 24.5 Å². The van der Waals surface area contributed by atoms with Crippen LogP contribution in [-0.4, -0.2) is 23.5 Å². The van der Waals surface area contributed by atoms with Crippen molar-refractivity contribution in [3.05, 3.63) is 59.2 Å². The summed E-state index contributed by atoms with van der Waals surface area (Å²) in [6, 6.07) is 11.4. The number of benzene rings is 2. The average molecular weight is 327 g/mol. The fraction of sp³-hybridized carbons (Fsp3) is 0.429. The SMILES string of the molecule is CC1CCCN1C1CCc2cc(-c3cc(F)cc(F)c3)ccc2C1. The standard InChI is InChI=1S/C21H23F2N/c1-14-3-2-8-24(14)21-7-6-15-9-16(4-5-17(15)12-21)18-10-19(22)13-20(23)11-18/h4-5,9-11,13-14,21H,2-3,6-8,12H2,1H3. The van der Waals surface area contributed by atoms with Gasteiger partial charge in [0.15, 0.2) is 0 Å². The lowest BCUT2D eigenvalue weighted by atomic mass is 9.85. The van der Waals surface area contributed by atoms with Crippen molar-refractivity contribution in [3.63, 3.8) is 0 Å². The number of nitrogens with zero attached hydrogens (tertiary/aromatic N) is 1. The molecule has 0 spiro atoms. The molecule has 2 aliphatic rings. The second kappa shape index (κ2) is 6.29. The molecule has 126 valence electrons. The second-order valence-corrected chi connectivity index (χ2v) is 7.27. The van der Waals surface area contributed by atoms with Gasteiger partial charge in [-0.3, -0.25) is 4.90 Å². The number of aryl methyl sites for hydroxylation is 1. The first kappa shape index (κ1) is 15.8. The normalized spacial score (nSPS) is 24.1. The van der Waals surface area contributed by atoms with Crippen LogP contribution in [0.1, 0.15) is 37.3 Å². The summed E-state index contributed by atoms with van der Waals surface area (Å²) in [6.45, 7) is 3.56. The van der Waals surface area contributed by atoms with Crippen LogP contribution in [0.4, 0.5) is 8.78 Å². The van der Waals surface area contributed by atoms with Crippen LogP contribution in [0.5, 0.6) is 0 Å². The molecular formula is C21H23F2N. The maximum absolute atomic E-state index is 13.5. The summed E-state index contributed by atoms with van der Waals surface area (Å²) in [6.07, 6.45) is 5.95. The van der Waals surface area contributed by atoms with Gasteiger partial charge in [0.2, 0.25) is 0 Å². The van der Waals surface area contributed by atoms with Gasteiger partial charge in [-0.25, -0.2) is 8.78 Å². The summed E-state index contributed by atoms with van der Waals surface area (Å²) in [4.78, 5) is 2.67. The molecule has 0 amide bonds. The number of likely N-dealkylation sites (tertiary alicyclic amines) is 1. The number of rotatable bonds is 2.